The lowest BCUT2D eigenvalue weighted by Crippen LogP contribution is -2.09. The van der Waals surface area contributed by atoms with Crippen LogP contribution in [-0.2, 0) is 0 Å². The summed E-state index contributed by atoms with van der Waals surface area (Å²) < 4.78 is 0. The van der Waals surface area contributed by atoms with Crippen molar-refractivity contribution in [2.24, 2.45) is 5.73 Å². The highest BCUT2D eigenvalue weighted by atomic mass is 32.1. The van der Waals surface area contributed by atoms with Gasteiger partial charge in [0.1, 0.15) is 4.83 Å². The molecule has 0 aromatic carbocycles. The first-order valence-corrected chi connectivity index (χ1v) is 4.29. The predicted molar refractivity (Wildman–Crippen MR) is 48.1 cm³/mol. The van der Waals surface area contributed by atoms with Crippen molar-refractivity contribution >= 4 is 27.5 Å². The molecule has 0 atom stereocenters. The lowest BCUT2D eigenvalue weighted by molar-refractivity contribution is 0.100. The standard InChI is InChI=1S/C8H6N2OS/c9-7(11)6-4-12-8-5(6)2-1-3-10-8/h1-4H,(H2,9,11). The Morgan fingerprint density at radius 2 is 2.42 bits per heavy atom. The third-order valence-electron chi connectivity index (χ3n) is 1.62. The third kappa shape index (κ3) is 0.967. The lowest BCUT2D eigenvalue weighted by atomic mass is 10.2. The number of carbonyl (C=O) groups excluding carboxylic acids is 1. The third-order valence-corrected chi connectivity index (χ3v) is 2.52. The van der Waals surface area contributed by atoms with E-state index in [0.717, 1.165) is 10.2 Å². The SMILES string of the molecule is NC(=O)c1csc2ncccc12. The van der Waals surface area contributed by atoms with Gasteiger partial charge in [-0.3, -0.25) is 4.79 Å². The van der Waals surface area contributed by atoms with Crippen LogP contribution in [0.1, 0.15) is 10.4 Å². The molecule has 0 aliphatic heterocycles. The van der Waals surface area contributed by atoms with Crippen LogP contribution in [-0.4, -0.2) is 10.9 Å². The zero-order valence-corrected chi connectivity index (χ0v) is 6.97. The Kier molecular flexibility index (Phi) is 1.55. The fraction of sp³-hybridized carbons (Fsp3) is 0. The number of carbonyl (C=O) groups is 1. The van der Waals surface area contributed by atoms with E-state index in [4.69, 9.17) is 5.73 Å². The molecular weight excluding hydrogens is 172 g/mol. The maximum Gasteiger partial charge on any atom is 0.250 e. The molecule has 1 amide bonds. The van der Waals surface area contributed by atoms with Gasteiger partial charge in [0.15, 0.2) is 0 Å². The van der Waals surface area contributed by atoms with Crippen molar-refractivity contribution < 1.29 is 4.79 Å². The van der Waals surface area contributed by atoms with Crippen molar-refractivity contribution in [2.45, 2.75) is 0 Å². The van der Waals surface area contributed by atoms with Gasteiger partial charge in [0.05, 0.1) is 5.56 Å². The maximum absolute atomic E-state index is 10.9. The van der Waals surface area contributed by atoms with E-state index in [9.17, 15) is 4.79 Å². The largest absolute Gasteiger partial charge is 0.366 e. The molecule has 0 aliphatic rings. The van der Waals surface area contributed by atoms with Crippen LogP contribution in [0.15, 0.2) is 23.7 Å². The van der Waals surface area contributed by atoms with E-state index in [2.05, 4.69) is 4.98 Å². The van der Waals surface area contributed by atoms with E-state index in [1.54, 1.807) is 17.6 Å². The first-order valence-electron chi connectivity index (χ1n) is 3.41. The van der Waals surface area contributed by atoms with Gasteiger partial charge in [-0.25, -0.2) is 4.98 Å². The zero-order chi connectivity index (χ0) is 8.55. The molecule has 2 rings (SSSR count). The number of aromatic nitrogens is 1. The summed E-state index contributed by atoms with van der Waals surface area (Å²) in [5.74, 6) is -0.394. The molecule has 2 aromatic rings. The Balaban J connectivity index is 2.79. The molecule has 0 aliphatic carbocycles. The van der Waals surface area contributed by atoms with Gasteiger partial charge < -0.3 is 5.73 Å². The molecule has 60 valence electrons. The quantitative estimate of drug-likeness (QED) is 0.717. The smallest absolute Gasteiger partial charge is 0.250 e. The summed E-state index contributed by atoms with van der Waals surface area (Å²) in [4.78, 5) is 15.8. The number of pyridine rings is 1. The van der Waals surface area contributed by atoms with E-state index < -0.39 is 5.91 Å². The number of hydrogen-bond acceptors (Lipinski definition) is 3. The van der Waals surface area contributed by atoms with E-state index in [0.29, 0.717) is 5.56 Å². The highest BCUT2D eigenvalue weighted by Gasteiger charge is 2.07. The van der Waals surface area contributed by atoms with Crippen LogP contribution in [0, 0.1) is 0 Å². The molecule has 2 aromatic heterocycles. The normalized spacial score (nSPS) is 10.3. The highest BCUT2D eigenvalue weighted by Crippen LogP contribution is 2.22. The lowest BCUT2D eigenvalue weighted by Gasteiger charge is -1.89. The number of thiophene rings is 1. The number of hydrogen-bond donors (Lipinski definition) is 1. The van der Waals surface area contributed by atoms with Gasteiger partial charge in [0, 0.05) is 17.0 Å². The number of nitrogens with zero attached hydrogens (tertiary/aromatic N) is 1. The van der Waals surface area contributed by atoms with Crippen molar-refractivity contribution in [3.05, 3.63) is 29.3 Å². The molecule has 0 spiro atoms. The molecule has 0 saturated heterocycles. The topological polar surface area (TPSA) is 56.0 Å². The molecule has 0 saturated carbocycles. The second kappa shape index (κ2) is 2.57. The van der Waals surface area contributed by atoms with Gasteiger partial charge in [-0.15, -0.1) is 11.3 Å². The second-order valence-corrected chi connectivity index (χ2v) is 3.23. The minimum Gasteiger partial charge on any atom is -0.366 e. The predicted octanol–water partition coefficient (Wildman–Crippen LogP) is 1.40. The highest BCUT2D eigenvalue weighted by molar-refractivity contribution is 7.17. The first kappa shape index (κ1) is 7.24. The first-order chi connectivity index (χ1) is 5.79. The van der Waals surface area contributed by atoms with Gasteiger partial charge in [-0.1, -0.05) is 0 Å². The summed E-state index contributed by atoms with van der Waals surface area (Å²) in [7, 11) is 0. The Morgan fingerprint density at radius 3 is 3.17 bits per heavy atom. The van der Waals surface area contributed by atoms with Gasteiger partial charge >= 0.3 is 0 Å². The summed E-state index contributed by atoms with van der Waals surface area (Å²) in [6, 6.07) is 3.64. The maximum atomic E-state index is 10.9. The average molecular weight is 178 g/mol. The van der Waals surface area contributed by atoms with Crippen molar-refractivity contribution in [3.63, 3.8) is 0 Å². The van der Waals surface area contributed by atoms with Crippen LogP contribution < -0.4 is 5.73 Å². The van der Waals surface area contributed by atoms with Gasteiger partial charge in [0.2, 0.25) is 5.91 Å². The Bertz CT molecular complexity index is 435. The van der Waals surface area contributed by atoms with Crippen molar-refractivity contribution in [3.8, 4) is 0 Å². The van der Waals surface area contributed by atoms with Gasteiger partial charge in [-0.2, -0.15) is 0 Å². The Hall–Kier alpha value is -1.42. The van der Waals surface area contributed by atoms with E-state index in [1.165, 1.54) is 11.3 Å². The van der Waals surface area contributed by atoms with E-state index >= 15 is 0 Å². The van der Waals surface area contributed by atoms with E-state index in [-0.39, 0.29) is 0 Å². The summed E-state index contributed by atoms with van der Waals surface area (Å²) in [5.41, 5.74) is 5.72. The number of nitrogens with two attached hydrogens (primary N) is 1. The second-order valence-electron chi connectivity index (χ2n) is 2.37. The van der Waals surface area contributed by atoms with E-state index in [1.807, 2.05) is 6.07 Å². The molecule has 0 fully saturated rings. The zero-order valence-electron chi connectivity index (χ0n) is 6.15. The van der Waals surface area contributed by atoms with Crippen molar-refractivity contribution in [2.75, 3.05) is 0 Å². The molecule has 3 nitrogen and oxygen atoms in total. The Labute approximate surface area is 72.8 Å². The number of primary amides is 1. The fourth-order valence-electron chi connectivity index (χ4n) is 1.06. The average Bonchev–Trinajstić information content (AvgIpc) is 2.47. The fourth-order valence-corrected chi connectivity index (χ4v) is 1.96. The Morgan fingerprint density at radius 1 is 1.58 bits per heavy atom. The molecule has 12 heavy (non-hydrogen) atoms. The van der Waals surface area contributed by atoms with Crippen LogP contribution >= 0.6 is 11.3 Å². The molecule has 0 unspecified atom stereocenters. The van der Waals surface area contributed by atoms with Crippen LogP contribution in [0.4, 0.5) is 0 Å². The van der Waals surface area contributed by atoms with Crippen molar-refractivity contribution in [1.29, 1.82) is 0 Å². The number of amides is 1. The van der Waals surface area contributed by atoms with Gasteiger partial charge in [0.25, 0.3) is 0 Å². The molecular formula is C8H6N2OS. The molecule has 0 bridgehead atoms. The van der Waals surface area contributed by atoms with Gasteiger partial charge in [-0.05, 0) is 12.1 Å². The summed E-state index contributed by atoms with van der Waals surface area (Å²) in [6.07, 6.45) is 1.70. The van der Waals surface area contributed by atoms with Crippen LogP contribution in [0.25, 0.3) is 10.2 Å². The molecule has 2 N–H and O–H groups in total. The van der Waals surface area contributed by atoms with Crippen LogP contribution in [0.3, 0.4) is 0 Å². The summed E-state index contributed by atoms with van der Waals surface area (Å²) >= 11 is 1.43. The number of fused-ring (bicyclic) bond motifs is 1. The molecule has 2 heterocycles. The minimum atomic E-state index is -0.394. The molecule has 4 heteroatoms. The summed E-state index contributed by atoms with van der Waals surface area (Å²) in [6.45, 7) is 0. The van der Waals surface area contributed by atoms with Crippen LogP contribution in [0.5, 0.6) is 0 Å². The van der Waals surface area contributed by atoms with Crippen LogP contribution in [0.2, 0.25) is 0 Å². The number of rotatable bonds is 1. The minimum absolute atomic E-state index is 0.394. The molecule has 0 radical (unpaired) electrons. The summed E-state index contributed by atoms with van der Waals surface area (Å²) in [5, 5.41) is 2.58. The monoisotopic (exact) mass is 178 g/mol. The van der Waals surface area contributed by atoms with Crippen molar-refractivity contribution in [1.82, 2.24) is 4.98 Å².